The number of halogens is 2. The summed E-state index contributed by atoms with van der Waals surface area (Å²) in [5, 5.41) is 1.92. The molecule has 5 nitrogen and oxygen atoms in total. The van der Waals surface area contributed by atoms with Gasteiger partial charge in [-0.3, -0.25) is 14.9 Å². The summed E-state index contributed by atoms with van der Waals surface area (Å²) in [5.74, 6) is 0.498. The first-order valence-corrected chi connectivity index (χ1v) is 8.94. The Morgan fingerprint density at radius 2 is 1.92 bits per heavy atom. The Kier molecular flexibility index (Phi) is 8.69. The van der Waals surface area contributed by atoms with Gasteiger partial charge in [-0.25, -0.2) is 4.79 Å². The topological polar surface area (TPSA) is 72.5 Å². The SMILES string of the molecule is CCSC(=O)/C(C(=O)S)=C(\C)NC(=O)OCc1ccc(Cl)c(Cl)c1. The Hall–Kier alpha value is -1.15. The van der Waals surface area contributed by atoms with Crippen molar-refractivity contribution < 1.29 is 19.1 Å². The summed E-state index contributed by atoms with van der Waals surface area (Å²) in [5.41, 5.74) is 0.543. The largest absolute Gasteiger partial charge is 0.444 e. The lowest BCUT2D eigenvalue weighted by atomic mass is 10.2. The maximum atomic E-state index is 11.9. The van der Waals surface area contributed by atoms with Gasteiger partial charge in [0.15, 0.2) is 0 Å². The molecule has 0 aromatic heterocycles. The van der Waals surface area contributed by atoms with Crippen LogP contribution in [0.1, 0.15) is 19.4 Å². The van der Waals surface area contributed by atoms with Crippen molar-refractivity contribution in [3.8, 4) is 0 Å². The average Bonchev–Trinajstić information content (AvgIpc) is 2.48. The molecule has 1 N–H and O–H groups in total. The van der Waals surface area contributed by atoms with E-state index in [1.54, 1.807) is 25.1 Å². The van der Waals surface area contributed by atoms with Crippen LogP contribution in [0.3, 0.4) is 0 Å². The zero-order valence-electron chi connectivity index (χ0n) is 12.9. The highest BCUT2D eigenvalue weighted by molar-refractivity contribution is 8.14. The fourth-order valence-corrected chi connectivity index (χ4v) is 2.95. The van der Waals surface area contributed by atoms with Gasteiger partial charge in [0, 0.05) is 5.70 Å². The van der Waals surface area contributed by atoms with E-state index >= 15 is 0 Å². The maximum absolute atomic E-state index is 11.9. The quantitative estimate of drug-likeness (QED) is 0.319. The number of carbonyl (C=O) groups is 3. The Labute approximate surface area is 159 Å². The molecule has 0 spiro atoms. The van der Waals surface area contributed by atoms with E-state index < -0.39 is 16.3 Å². The summed E-state index contributed by atoms with van der Waals surface area (Å²) in [7, 11) is 0. The number of ether oxygens (including phenoxy) is 1. The van der Waals surface area contributed by atoms with E-state index in [2.05, 4.69) is 17.9 Å². The van der Waals surface area contributed by atoms with Gasteiger partial charge in [-0.05, 0) is 30.4 Å². The first kappa shape index (κ1) is 20.9. The van der Waals surface area contributed by atoms with Crippen LogP contribution in [0.4, 0.5) is 4.79 Å². The molecule has 0 saturated heterocycles. The highest BCUT2D eigenvalue weighted by Crippen LogP contribution is 2.23. The lowest BCUT2D eigenvalue weighted by molar-refractivity contribution is -0.113. The minimum Gasteiger partial charge on any atom is -0.444 e. The summed E-state index contributed by atoms with van der Waals surface area (Å²) in [6.07, 6.45) is -0.806. The van der Waals surface area contributed by atoms with Crippen molar-refractivity contribution in [2.75, 3.05) is 5.75 Å². The molecule has 0 aliphatic heterocycles. The summed E-state index contributed by atoms with van der Waals surface area (Å²) in [6, 6.07) is 4.82. The molecule has 0 unspecified atom stereocenters. The molecule has 1 rings (SSSR count). The number of amides is 1. The van der Waals surface area contributed by atoms with Gasteiger partial charge in [-0.15, -0.1) is 12.6 Å². The second-order valence-corrected chi connectivity index (χ2v) is 6.93. The zero-order chi connectivity index (χ0) is 18.3. The number of alkyl carbamates (subject to hydrolysis) is 1. The number of benzene rings is 1. The third-order valence-corrected chi connectivity index (χ3v) is 4.43. The van der Waals surface area contributed by atoms with E-state index in [4.69, 9.17) is 27.9 Å². The number of carbonyl (C=O) groups excluding carboxylic acids is 3. The average molecular weight is 408 g/mol. The van der Waals surface area contributed by atoms with Crippen LogP contribution in [0.2, 0.25) is 10.0 Å². The van der Waals surface area contributed by atoms with Gasteiger partial charge in [0.05, 0.1) is 10.0 Å². The summed E-state index contributed by atoms with van der Waals surface area (Å²) in [4.78, 5) is 35.2. The minimum absolute atomic E-state index is 0.0438. The van der Waals surface area contributed by atoms with Crippen molar-refractivity contribution in [1.29, 1.82) is 0 Å². The summed E-state index contributed by atoms with van der Waals surface area (Å²) < 4.78 is 5.02. The van der Waals surface area contributed by atoms with Crippen molar-refractivity contribution in [2.45, 2.75) is 20.5 Å². The van der Waals surface area contributed by atoms with E-state index in [9.17, 15) is 14.4 Å². The van der Waals surface area contributed by atoms with Gasteiger partial charge in [0.1, 0.15) is 12.2 Å². The van der Waals surface area contributed by atoms with Crippen LogP contribution in [0.25, 0.3) is 0 Å². The number of rotatable bonds is 6. The molecular weight excluding hydrogens is 393 g/mol. The van der Waals surface area contributed by atoms with Gasteiger partial charge in [-0.2, -0.15) is 0 Å². The fourth-order valence-electron chi connectivity index (χ4n) is 1.63. The van der Waals surface area contributed by atoms with Crippen LogP contribution in [-0.4, -0.2) is 22.1 Å². The number of thiol groups is 1. The predicted octanol–water partition coefficient (Wildman–Crippen LogP) is 4.23. The number of hydrogen-bond donors (Lipinski definition) is 2. The highest BCUT2D eigenvalue weighted by Gasteiger charge is 2.20. The van der Waals surface area contributed by atoms with Gasteiger partial charge in [-0.1, -0.05) is 48.0 Å². The molecule has 9 heteroatoms. The molecule has 0 aliphatic carbocycles. The zero-order valence-corrected chi connectivity index (χ0v) is 16.1. The maximum Gasteiger partial charge on any atom is 0.411 e. The van der Waals surface area contributed by atoms with Crippen LogP contribution < -0.4 is 5.32 Å². The fraction of sp³-hybridized carbons (Fsp3) is 0.267. The Bertz CT molecular complexity index is 692. The Morgan fingerprint density at radius 1 is 1.25 bits per heavy atom. The van der Waals surface area contributed by atoms with Gasteiger partial charge in [0.2, 0.25) is 10.2 Å². The molecule has 130 valence electrons. The molecule has 1 aromatic carbocycles. The van der Waals surface area contributed by atoms with Gasteiger partial charge < -0.3 is 4.74 Å². The second-order valence-electron chi connectivity index (χ2n) is 4.48. The molecule has 0 fully saturated rings. The molecule has 0 heterocycles. The molecular formula is C15H15Cl2NO4S2. The Balaban J connectivity index is 2.73. The van der Waals surface area contributed by atoms with Crippen LogP contribution in [0, 0.1) is 0 Å². The minimum atomic E-state index is -0.806. The molecule has 1 amide bonds. The molecule has 0 aliphatic rings. The van der Waals surface area contributed by atoms with E-state index in [0.29, 0.717) is 21.4 Å². The van der Waals surface area contributed by atoms with E-state index in [0.717, 1.165) is 11.8 Å². The highest BCUT2D eigenvalue weighted by atomic mass is 35.5. The van der Waals surface area contributed by atoms with Crippen LogP contribution >= 0.6 is 47.6 Å². The summed E-state index contributed by atoms with van der Waals surface area (Å²) >= 11 is 16.3. The van der Waals surface area contributed by atoms with Crippen LogP contribution in [0.15, 0.2) is 29.5 Å². The number of allylic oxidation sites excluding steroid dienone is 1. The van der Waals surface area contributed by atoms with Gasteiger partial charge in [0.25, 0.3) is 0 Å². The van der Waals surface area contributed by atoms with Crippen LogP contribution in [-0.2, 0) is 20.9 Å². The van der Waals surface area contributed by atoms with E-state index in [1.165, 1.54) is 6.92 Å². The summed E-state index contributed by atoms with van der Waals surface area (Å²) in [6.45, 7) is 3.16. The van der Waals surface area contributed by atoms with Crippen molar-refractivity contribution in [3.05, 3.63) is 45.1 Å². The van der Waals surface area contributed by atoms with E-state index in [-0.39, 0.29) is 17.9 Å². The van der Waals surface area contributed by atoms with Crippen molar-refractivity contribution in [1.82, 2.24) is 5.32 Å². The lowest BCUT2D eigenvalue weighted by Gasteiger charge is -2.10. The van der Waals surface area contributed by atoms with Crippen LogP contribution in [0.5, 0.6) is 0 Å². The normalized spacial score (nSPS) is 11.5. The molecule has 0 atom stereocenters. The first-order valence-electron chi connectivity index (χ1n) is 6.75. The molecule has 0 bridgehead atoms. The molecule has 0 saturated carbocycles. The third-order valence-electron chi connectivity index (χ3n) is 2.71. The molecule has 24 heavy (non-hydrogen) atoms. The number of hydrogen-bond acceptors (Lipinski definition) is 5. The third kappa shape index (κ3) is 6.39. The molecule has 1 aromatic rings. The monoisotopic (exact) mass is 407 g/mol. The lowest BCUT2D eigenvalue weighted by Crippen LogP contribution is -2.26. The number of thioether (sulfide) groups is 1. The van der Waals surface area contributed by atoms with Crippen molar-refractivity contribution in [2.24, 2.45) is 0 Å². The second kappa shape index (κ2) is 9.98. The smallest absolute Gasteiger partial charge is 0.411 e. The predicted molar refractivity (Wildman–Crippen MR) is 99.6 cm³/mol. The first-order chi connectivity index (χ1) is 11.3. The standard InChI is InChI=1S/C15H15Cl2NO4S2/c1-3-24-14(20)12(13(19)23)8(2)18-15(21)22-7-9-4-5-10(16)11(17)6-9/h4-6H,3,7H2,1-2H3,(H,18,21)(H,19,23)/b12-8+. The number of nitrogens with one attached hydrogen (secondary N) is 1. The molecule has 0 radical (unpaired) electrons. The van der Waals surface area contributed by atoms with E-state index in [1.807, 2.05) is 0 Å². The van der Waals surface area contributed by atoms with Crippen molar-refractivity contribution in [3.63, 3.8) is 0 Å². The van der Waals surface area contributed by atoms with Crippen molar-refractivity contribution >= 4 is 63.9 Å². The Morgan fingerprint density at radius 3 is 2.46 bits per heavy atom. The van der Waals surface area contributed by atoms with Gasteiger partial charge >= 0.3 is 6.09 Å².